The molecule has 3 nitrogen and oxygen atoms in total. The van der Waals surface area contributed by atoms with E-state index in [9.17, 15) is 5.11 Å². The van der Waals surface area contributed by atoms with Crippen LogP contribution in [0.4, 0.5) is 0 Å². The molecule has 124 valence electrons. The van der Waals surface area contributed by atoms with Gasteiger partial charge >= 0.3 is 0 Å². The molecular weight excluding hydrogens is 272 g/mol. The van der Waals surface area contributed by atoms with E-state index >= 15 is 0 Å². The lowest BCUT2D eigenvalue weighted by Gasteiger charge is -2.30. The highest BCUT2D eigenvalue weighted by molar-refractivity contribution is 5.28. The Morgan fingerprint density at radius 2 is 1.77 bits per heavy atom. The van der Waals surface area contributed by atoms with E-state index in [1.165, 1.54) is 5.56 Å². The molecule has 1 aliphatic heterocycles. The molecule has 0 amide bonds. The van der Waals surface area contributed by atoms with E-state index in [1.807, 2.05) is 0 Å². The molecule has 3 N–H and O–H groups in total. The molecule has 0 aromatic heterocycles. The highest BCUT2D eigenvalue weighted by atomic mass is 16.3. The van der Waals surface area contributed by atoms with E-state index in [-0.39, 0.29) is 11.5 Å². The number of nitrogens with zero attached hydrogens (tertiary/aromatic N) is 1. The highest BCUT2D eigenvalue weighted by Gasteiger charge is 2.17. The van der Waals surface area contributed by atoms with E-state index in [0.29, 0.717) is 6.04 Å². The second-order valence-electron chi connectivity index (χ2n) is 7.71. The molecule has 1 unspecified atom stereocenters. The number of rotatable bonds is 5. The Labute approximate surface area is 135 Å². The van der Waals surface area contributed by atoms with Gasteiger partial charge in [-0.2, -0.15) is 0 Å². The van der Waals surface area contributed by atoms with Crippen LogP contribution in [0.2, 0.25) is 0 Å². The first kappa shape index (κ1) is 17.5. The van der Waals surface area contributed by atoms with Crippen LogP contribution in [-0.2, 0) is 5.41 Å². The van der Waals surface area contributed by atoms with Crippen LogP contribution in [0.25, 0.3) is 0 Å². The van der Waals surface area contributed by atoms with E-state index in [1.54, 1.807) is 0 Å². The lowest BCUT2D eigenvalue weighted by molar-refractivity contribution is 0.148. The van der Waals surface area contributed by atoms with Crippen molar-refractivity contribution in [3.8, 4) is 0 Å². The van der Waals surface area contributed by atoms with Crippen molar-refractivity contribution in [2.24, 2.45) is 5.73 Å². The molecule has 2 rings (SSSR count). The lowest BCUT2D eigenvalue weighted by atomic mass is 9.86. The maximum atomic E-state index is 10.3. The summed E-state index contributed by atoms with van der Waals surface area (Å²) < 4.78 is 0. The average Bonchev–Trinajstić information content (AvgIpc) is 2.48. The molecule has 0 saturated carbocycles. The number of hydrogen-bond acceptors (Lipinski definition) is 3. The van der Waals surface area contributed by atoms with Crippen LogP contribution in [0.5, 0.6) is 0 Å². The van der Waals surface area contributed by atoms with Crippen molar-refractivity contribution in [1.82, 2.24) is 4.90 Å². The van der Waals surface area contributed by atoms with Crippen molar-refractivity contribution in [3.63, 3.8) is 0 Å². The van der Waals surface area contributed by atoms with Gasteiger partial charge in [-0.25, -0.2) is 0 Å². The molecular formula is C19H32N2O. The maximum absolute atomic E-state index is 10.3. The molecule has 0 spiro atoms. The standard InChI is InChI=1S/C19H32N2O/c1-19(2,3)16-8-6-15(7-9-16)18(22)5-4-12-21-13-10-17(20)11-14-21/h6-9,17-18,22H,4-5,10-14,20H2,1-3H3. The fraction of sp³-hybridized carbons (Fsp3) is 0.684. The van der Waals surface area contributed by atoms with Gasteiger partial charge in [0.05, 0.1) is 6.10 Å². The van der Waals surface area contributed by atoms with Crippen LogP contribution in [0.15, 0.2) is 24.3 Å². The number of likely N-dealkylation sites (tertiary alicyclic amines) is 1. The Morgan fingerprint density at radius 1 is 1.18 bits per heavy atom. The van der Waals surface area contributed by atoms with E-state index in [4.69, 9.17) is 5.73 Å². The summed E-state index contributed by atoms with van der Waals surface area (Å²) in [6.45, 7) is 9.92. The molecule has 22 heavy (non-hydrogen) atoms. The minimum atomic E-state index is -0.346. The first-order valence-electron chi connectivity index (χ1n) is 8.63. The second-order valence-corrected chi connectivity index (χ2v) is 7.71. The molecule has 1 aromatic carbocycles. The minimum absolute atomic E-state index is 0.165. The van der Waals surface area contributed by atoms with Crippen LogP contribution in [0.3, 0.4) is 0 Å². The monoisotopic (exact) mass is 304 g/mol. The number of aliphatic hydroxyl groups is 1. The molecule has 1 fully saturated rings. The molecule has 1 aromatic rings. The van der Waals surface area contributed by atoms with E-state index in [2.05, 4.69) is 49.9 Å². The van der Waals surface area contributed by atoms with E-state index in [0.717, 1.165) is 50.9 Å². The van der Waals surface area contributed by atoms with Gasteiger partial charge in [-0.3, -0.25) is 0 Å². The first-order valence-corrected chi connectivity index (χ1v) is 8.63. The minimum Gasteiger partial charge on any atom is -0.388 e. The quantitative estimate of drug-likeness (QED) is 0.878. The van der Waals surface area contributed by atoms with Crippen molar-refractivity contribution in [2.45, 2.75) is 64.0 Å². The van der Waals surface area contributed by atoms with Crippen LogP contribution in [-0.4, -0.2) is 35.7 Å². The topological polar surface area (TPSA) is 49.5 Å². The summed E-state index contributed by atoms with van der Waals surface area (Å²) in [6.07, 6.45) is 3.74. The summed E-state index contributed by atoms with van der Waals surface area (Å²) in [6, 6.07) is 8.83. The molecule has 1 atom stereocenters. The largest absolute Gasteiger partial charge is 0.388 e. The Bertz CT molecular complexity index is 441. The van der Waals surface area contributed by atoms with Crippen LogP contribution < -0.4 is 5.73 Å². The van der Waals surface area contributed by atoms with Crippen molar-refractivity contribution < 1.29 is 5.11 Å². The molecule has 1 heterocycles. The van der Waals surface area contributed by atoms with Gasteiger partial charge in [-0.05, 0) is 61.9 Å². The second kappa shape index (κ2) is 7.58. The summed E-state index contributed by atoms with van der Waals surface area (Å²) in [5.74, 6) is 0. The zero-order valence-corrected chi connectivity index (χ0v) is 14.4. The van der Waals surface area contributed by atoms with Crippen molar-refractivity contribution >= 4 is 0 Å². The van der Waals surface area contributed by atoms with Gasteiger partial charge in [-0.15, -0.1) is 0 Å². The normalized spacial score (nSPS) is 19.3. The van der Waals surface area contributed by atoms with Gasteiger partial charge in [-0.1, -0.05) is 45.0 Å². The number of benzene rings is 1. The summed E-state index contributed by atoms with van der Waals surface area (Å²) in [5.41, 5.74) is 8.44. The fourth-order valence-electron chi connectivity index (χ4n) is 3.06. The molecule has 0 aliphatic carbocycles. The van der Waals surface area contributed by atoms with Gasteiger partial charge in [0, 0.05) is 6.04 Å². The number of piperidine rings is 1. The highest BCUT2D eigenvalue weighted by Crippen LogP contribution is 2.25. The molecule has 0 bridgehead atoms. The summed E-state index contributed by atoms with van der Waals surface area (Å²) in [4.78, 5) is 2.47. The Balaban J connectivity index is 1.76. The van der Waals surface area contributed by atoms with Crippen molar-refractivity contribution in [1.29, 1.82) is 0 Å². The zero-order valence-electron chi connectivity index (χ0n) is 14.4. The Morgan fingerprint density at radius 3 is 2.32 bits per heavy atom. The van der Waals surface area contributed by atoms with Gasteiger partial charge < -0.3 is 15.7 Å². The molecule has 3 heteroatoms. The summed E-state index contributed by atoms with van der Waals surface area (Å²) in [7, 11) is 0. The van der Waals surface area contributed by atoms with Gasteiger partial charge in [0.2, 0.25) is 0 Å². The van der Waals surface area contributed by atoms with Crippen LogP contribution in [0, 0.1) is 0 Å². The molecule has 1 saturated heterocycles. The molecule has 0 radical (unpaired) electrons. The smallest absolute Gasteiger partial charge is 0.0790 e. The van der Waals surface area contributed by atoms with Crippen LogP contribution >= 0.6 is 0 Å². The molecule has 1 aliphatic rings. The van der Waals surface area contributed by atoms with Crippen LogP contribution in [0.1, 0.15) is 63.7 Å². The zero-order chi connectivity index (χ0) is 16.2. The first-order chi connectivity index (χ1) is 10.4. The number of aliphatic hydroxyl groups excluding tert-OH is 1. The van der Waals surface area contributed by atoms with Gasteiger partial charge in [0.15, 0.2) is 0 Å². The number of hydrogen-bond donors (Lipinski definition) is 2. The predicted molar refractivity (Wildman–Crippen MR) is 93.0 cm³/mol. The third-order valence-electron chi connectivity index (χ3n) is 4.75. The fourth-order valence-corrected chi connectivity index (χ4v) is 3.06. The van der Waals surface area contributed by atoms with Crippen molar-refractivity contribution in [3.05, 3.63) is 35.4 Å². The summed E-state index contributed by atoms with van der Waals surface area (Å²) in [5, 5.41) is 10.3. The average molecular weight is 304 g/mol. The third-order valence-corrected chi connectivity index (χ3v) is 4.75. The third kappa shape index (κ3) is 5.08. The van der Waals surface area contributed by atoms with E-state index < -0.39 is 0 Å². The Kier molecular flexibility index (Phi) is 6.01. The lowest BCUT2D eigenvalue weighted by Crippen LogP contribution is -2.40. The van der Waals surface area contributed by atoms with Crippen molar-refractivity contribution in [2.75, 3.05) is 19.6 Å². The predicted octanol–water partition coefficient (Wildman–Crippen LogP) is 3.22. The SMILES string of the molecule is CC(C)(C)c1ccc(C(O)CCCN2CCC(N)CC2)cc1. The summed E-state index contributed by atoms with van der Waals surface area (Å²) >= 11 is 0. The van der Waals surface area contributed by atoms with Gasteiger partial charge in [0.25, 0.3) is 0 Å². The number of nitrogens with two attached hydrogens (primary N) is 1. The Hall–Kier alpha value is -0.900. The van der Waals surface area contributed by atoms with Gasteiger partial charge in [0.1, 0.15) is 0 Å². The maximum Gasteiger partial charge on any atom is 0.0790 e.